The molecule has 0 saturated carbocycles. The highest BCUT2D eigenvalue weighted by Gasteiger charge is 2.52. The number of fused-ring (bicyclic) bond motifs is 1. The highest BCUT2D eigenvalue weighted by atomic mass is 19.1. The molecule has 1 aromatic rings. The monoisotopic (exact) mass is 266 g/mol. The second kappa shape index (κ2) is 4.13. The maximum Gasteiger partial charge on any atom is 0.347 e. The van der Waals surface area contributed by atoms with Crippen molar-refractivity contribution < 1.29 is 23.8 Å². The number of esters is 1. The van der Waals surface area contributed by atoms with E-state index in [1.54, 1.807) is 20.8 Å². The Labute approximate surface area is 110 Å². The average Bonchev–Trinajstić information content (AvgIpc) is 2.49. The van der Waals surface area contributed by atoms with Crippen LogP contribution in [0.4, 0.5) is 4.39 Å². The first-order valence-corrected chi connectivity index (χ1v) is 5.92. The number of ketones is 1. The summed E-state index contributed by atoms with van der Waals surface area (Å²) in [5, 5.41) is 10.3. The number of ether oxygens (including phenoxy) is 1. The van der Waals surface area contributed by atoms with Gasteiger partial charge in [-0.2, -0.15) is 0 Å². The summed E-state index contributed by atoms with van der Waals surface area (Å²) in [6.45, 7) is 4.92. The highest BCUT2D eigenvalue weighted by Crippen LogP contribution is 2.32. The Balaban J connectivity index is 2.34. The predicted molar refractivity (Wildman–Crippen MR) is 65.2 cm³/mol. The van der Waals surface area contributed by atoms with Crippen LogP contribution in [0, 0.1) is 5.82 Å². The number of hydrogen-bond donors (Lipinski definition) is 1. The van der Waals surface area contributed by atoms with Gasteiger partial charge in [-0.05, 0) is 44.5 Å². The van der Waals surface area contributed by atoms with Crippen molar-refractivity contribution in [3.8, 4) is 0 Å². The fourth-order valence-electron chi connectivity index (χ4n) is 2.04. The van der Waals surface area contributed by atoms with Gasteiger partial charge >= 0.3 is 5.97 Å². The van der Waals surface area contributed by atoms with Crippen molar-refractivity contribution in [3.05, 3.63) is 35.1 Å². The van der Waals surface area contributed by atoms with E-state index in [4.69, 9.17) is 4.74 Å². The number of carbonyl (C=O) groups excluding carboxylic acids is 2. The van der Waals surface area contributed by atoms with Gasteiger partial charge in [0.25, 0.3) is 0 Å². The molecule has 4 nitrogen and oxygen atoms in total. The summed E-state index contributed by atoms with van der Waals surface area (Å²) in [6.07, 6.45) is -0.256. The van der Waals surface area contributed by atoms with Crippen molar-refractivity contribution in [3.63, 3.8) is 0 Å². The Hall–Kier alpha value is -1.75. The molecule has 0 unspecified atom stereocenters. The molecule has 5 heteroatoms. The molecule has 1 aliphatic carbocycles. The van der Waals surface area contributed by atoms with Crippen molar-refractivity contribution in [2.75, 3.05) is 0 Å². The number of benzene rings is 1. The first kappa shape index (κ1) is 13.7. The van der Waals surface area contributed by atoms with E-state index in [0.29, 0.717) is 5.56 Å². The fraction of sp³-hybridized carbons (Fsp3) is 0.429. The molecule has 0 heterocycles. The van der Waals surface area contributed by atoms with Crippen molar-refractivity contribution in [1.82, 2.24) is 0 Å². The van der Waals surface area contributed by atoms with E-state index in [2.05, 4.69) is 0 Å². The fourth-order valence-corrected chi connectivity index (χ4v) is 2.04. The van der Waals surface area contributed by atoms with E-state index in [1.807, 2.05) is 0 Å². The minimum atomic E-state index is -2.25. The minimum Gasteiger partial charge on any atom is -0.457 e. The third-order valence-electron chi connectivity index (χ3n) is 2.87. The minimum absolute atomic E-state index is 0.162. The third kappa shape index (κ3) is 2.38. The maximum absolute atomic E-state index is 13.1. The second-order valence-electron chi connectivity index (χ2n) is 5.67. The third-order valence-corrected chi connectivity index (χ3v) is 2.87. The van der Waals surface area contributed by atoms with Gasteiger partial charge in [-0.3, -0.25) is 4.79 Å². The van der Waals surface area contributed by atoms with E-state index in [9.17, 15) is 19.1 Å². The molecule has 0 aliphatic heterocycles. The van der Waals surface area contributed by atoms with Crippen molar-refractivity contribution in [2.24, 2.45) is 0 Å². The molecule has 1 N–H and O–H groups in total. The van der Waals surface area contributed by atoms with Gasteiger partial charge in [-0.25, -0.2) is 9.18 Å². The average molecular weight is 266 g/mol. The van der Waals surface area contributed by atoms with Crippen LogP contribution in [0.1, 0.15) is 36.7 Å². The van der Waals surface area contributed by atoms with Gasteiger partial charge in [-0.15, -0.1) is 0 Å². The van der Waals surface area contributed by atoms with Crippen LogP contribution < -0.4 is 0 Å². The molecule has 102 valence electrons. The largest absolute Gasteiger partial charge is 0.457 e. The van der Waals surface area contributed by atoms with Gasteiger partial charge in [0.15, 0.2) is 0 Å². The number of carbonyl (C=O) groups is 2. The van der Waals surface area contributed by atoms with Crippen LogP contribution in [-0.2, 0) is 16.0 Å². The molecule has 1 aromatic carbocycles. The predicted octanol–water partition coefficient (Wildman–Crippen LogP) is 1.64. The first-order chi connectivity index (χ1) is 8.63. The maximum atomic E-state index is 13.1. The van der Waals surface area contributed by atoms with Crippen LogP contribution >= 0.6 is 0 Å². The van der Waals surface area contributed by atoms with E-state index < -0.39 is 28.8 Å². The smallest absolute Gasteiger partial charge is 0.347 e. The number of hydrogen-bond acceptors (Lipinski definition) is 4. The van der Waals surface area contributed by atoms with Crippen LogP contribution in [0.3, 0.4) is 0 Å². The van der Waals surface area contributed by atoms with Gasteiger partial charge in [0, 0.05) is 12.0 Å². The molecule has 0 fully saturated rings. The zero-order valence-corrected chi connectivity index (χ0v) is 11.0. The first-order valence-electron chi connectivity index (χ1n) is 5.92. The molecule has 0 radical (unpaired) electrons. The summed E-state index contributed by atoms with van der Waals surface area (Å²) >= 11 is 0. The molecule has 1 aliphatic rings. The molecule has 0 amide bonds. The number of halogens is 1. The summed E-state index contributed by atoms with van der Waals surface area (Å²) < 4.78 is 18.2. The molecule has 19 heavy (non-hydrogen) atoms. The molecular formula is C14H15FO4. The topological polar surface area (TPSA) is 63.6 Å². The molecule has 0 spiro atoms. The molecule has 0 bridgehead atoms. The van der Waals surface area contributed by atoms with Gasteiger partial charge in [0.05, 0.1) is 0 Å². The van der Waals surface area contributed by atoms with Crippen LogP contribution in [0.2, 0.25) is 0 Å². The lowest BCUT2D eigenvalue weighted by molar-refractivity contribution is -0.171. The molecule has 0 saturated heterocycles. The number of aliphatic hydroxyl groups is 1. The lowest BCUT2D eigenvalue weighted by Crippen LogP contribution is -2.48. The van der Waals surface area contributed by atoms with Gasteiger partial charge in [0.1, 0.15) is 11.4 Å². The number of rotatable bonds is 1. The zero-order valence-electron chi connectivity index (χ0n) is 11.0. The Morgan fingerprint density at radius 1 is 1.42 bits per heavy atom. The summed E-state index contributed by atoms with van der Waals surface area (Å²) in [6, 6.07) is 3.54. The van der Waals surface area contributed by atoms with Crippen LogP contribution in [-0.4, -0.2) is 28.1 Å². The van der Waals surface area contributed by atoms with Crippen molar-refractivity contribution in [2.45, 2.75) is 38.4 Å². The van der Waals surface area contributed by atoms with Gasteiger partial charge in [-0.1, -0.05) is 0 Å². The van der Waals surface area contributed by atoms with Crippen molar-refractivity contribution >= 4 is 11.8 Å². The van der Waals surface area contributed by atoms with Crippen LogP contribution in [0.15, 0.2) is 18.2 Å². The zero-order chi connectivity index (χ0) is 14.4. The highest BCUT2D eigenvalue weighted by molar-refractivity contribution is 6.18. The normalized spacial score (nSPS) is 22.3. The summed E-state index contributed by atoms with van der Waals surface area (Å²) in [5.41, 5.74) is -2.58. The summed E-state index contributed by atoms with van der Waals surface area (Å²) in [5.74, 6) is -2.25. The van der Waals surface area contributed by atoms with Gasteiger partial charge in [0.2, 0.25) is 11.4 Å². The van der Waals surface area contributed by atoms with E-state index in [0.717, 1.165) is 12.1 Å². The molecule has 0 aromatic heterocycles. The quantitative estimate of drug-likeness (QED) is 0.620. The van der Waals surface area contributed by atoms with Crippen LogP contribution in [0.5, 0.6) is 0 Å². The van der Waals surface area contributed by atoms with Crippen molar-refractivity contribution in [1.29, 1.82) is 0 Å². The Kier molecular flexibility index (Phi) is 2.97. The molecule has 2 rings (SSSR count). The van der Waals surface area contributed by atoms with Crippen LogP contribution in [0.25, 0.3) is 0 Å². The number of Topliss-reactive ketones (excluding diaryl/α,β-unsaturated/α-hetero) is 1. The Bertz CT molecular complexity index is 559. The van der Waals surface area contributed by atoms with Gasteiger partial charge < -0.3 is 9.84 Å². The second-order valence-corrected chi connectivity index (χ2v) is 5.67. The lowest BCUT2D eigenvalue weighted by atomic mass is 9.99. The standard InChI is InChI=1S/C14H15FO4/c1-13(2,3)19-12(17)14(18)7-8-6-9(15)4-5-10(8)11(14)16/h4-6,18H,7H2,1-3H3/t14-/m0/s1. The lowest BCUT2D eigenvalue weighted by Gasteiger charge is -2.25. The van der Waals surface area contributed by atoms with E-state index in [1.165, 1.54) is 6.07 Å². The SMILES string of the molecule is CC(C)(C)OC(=O)[C@]1(O)Cc2cc(F)ccc2C1=O. The Morgan fingerprint density at radius 2 is 2.05 bits per heavy atom. The van der Waals surface area contributed by atoms with E-state index >= 15 is 0 Å². The Morgan fingerprint density at radius 3 is 2.63 bits per heavy atom. The molecular weight excluding hydrogens is 251 g/mol. The summed E-state index contributed by atoms with van der Waals surface area (Å²) in [7, 11) is 0. The summed E-state index contributed by atoms with van der Waals surface area (Å²) in [4.78, 5) is 24.0. The van der Waals surface area contributed by atoms with E-state index in [-0.39, 0.29) is 12.0 Å². The molecule has 1 atom stereocenters.